The molecule has 1 unspecified atom stereocenters. The predicted molar refractivity (Wildman–Crippen MR) is 115 cm³/mol. The predicted octanol–water partition coefficient (Wildman–Crippen LogP) is 5.41. The zero-order valence-corrected chi connectivity index (χ0v) is 17.5. The molecule has 0 radical (unpaired) electrons. The van der Waals surface area contributed by atoms with E-state index < -0.39 is 24.9 Å². The standard InChI is InChI=1S/C23H27FN4O3/c1-17-20(26-27-25)12-13-22(31-17)21(14-24)28(15-18-8-4-2-5-9-18)23(29)30-16-19-10-6-3-7-11-19/h2-11,17,20-22H,12-16H2,1H3/t17?,20-,21+,22-/m0/s1. The average molecular weight is 426 g/mol. The lowest BCUT2D eigenvalue weighted by Crippen LogP contribution is -2.52. The van der Waals surface area contributed by atoms with Crippen molar-refractivity contribution in [3.05, 3.63) is 82.2 Å². The van der Waals surface area contributed by atoms with Crippen molar-refractivity contribution in [2.75, 3.05) is 6.67 Å². The van der Waals surface area contributed by atoms with E-state index in [4.69, 9.17) is 15.0 Å². The zero-order chi connectivity index (χ0) is 22.1. The molecule has 1 aliphatic rings. The molecule has 2 aromatic carbocycles. The molecule has 8 heteroatoms. The number of azide groups is 1. The fraction of sp³-hybridized carbons (Fsp3) is 0.435. The number of ether oxygens (including phenoxy) is 2. The van der Waals surface area contributed by atoms with Crippen molar-refractivity contribution >= 4 is 6.09 Å². The molecule has 1 fully saturated rings. The summed E-state index contributed by atoms with van der Waals surface area (Å²) in [4.78, 5) is 17.3. The number of amides is 1. The molecule has 1 heterocycles. The van der Waals surface area contributed by atoms with Gasteiger partial charge in [-0.3, -0.25) is 4.90 Å². The van der Waals surface area contributed by atoms with Gasteiger partial charge in [0.15, 0.2) is 0 Å². The summed E-state index contributed by atoms with van der Waals surface area (Å²) in [6, 6.07) is 17.6. The third-order valence-electron chi connectivity index (χ3n) is 5.50. The van der Waals surface area contributed by atoms with Gasteiger partial charge in [0.25, 0.3) is 0 Å². The van der Waals surface area contributed by atoms with E-state index in [2.05, 4.69) is 10.0 Å². The molecule has 0 bridgehead atoms. The molecule has 0 N–H and O–H groups in total. The summed E-state index contributed by atoms with van der Waals surface area (Å²) in [5.74, 6) is 0. The third kappa shape index (κ3) is 6.20. The highest BCUT2D eigenvalue weighted by molar-refractivity contribution is 5.68. The Morgan fingerprint density at radius 2 is 1.84 bits per heavy atom. The van der Waals surface area contributed by atoms with E-state index in [0.717, 1.165) is 11.1 Å². The molecule has 31 heavy (non-hydrogen) atoms. The number of carbonyl (C=O) groups excluding carboxylic acids is 1. The van der Waals surface area contributed by atoms with Crippen molar-refractivity contribution in [3.8, 4) is 0 Å². The van der Waals surface area contributed by atoms with Gasteiger partial charge in [0.1, 0.15) is 13.3 Å². The first-order valence-electron chi connectivity index (χ1n) is 10.4. The Bertz CT molecular complexity index is 877. The van der Waals surface area contributed by atoms with Crippen LogP contribution in [0.4, 0.5) is 9.18 Å². The van der Waals surface area contributed by atoms with Crippen molar-refractivity contribution in [1.29, 1.82) is 0 Å². The van der Waals surface area contributed by atoms with Crippen LogP contribution in [0.3, 0.4) is 0 Å². The van der Waals surface area contributed by atoms with Crippen molar-refractivity contribution in [1.82, 2.24) is 4.90 Å². The van der Waals surface area contributed by atoms with Crippen LogP contribution in [0, 0.1) is 0 Å². The van der Waals surface area contributed by atoms with Gasteiger partial charge >= 0.3 is 6.09 Å². The summed E-state index contributed by atoms with van der Waals surface area (Å²) >= 11 is 0. The van der Waals surface area contributed by atoms with Crippen LogP contribution in [0.15, 0.2) is 65.8 Å². The molecule has 0 spiro atoms. The number of benzene rings is 2. The van der Waals surface area contributed by atoms with Crippen LogP contribution >= 0.6 is 0 Å². The lowest BCUT2D eigenvalue weighted by molar-refractivity contribution is -0.0929. The molecule has 0 saturated carbocycles. The lowest BCUT2D eigenvalue weighted by atomic mass is 9.95. The lowest BCUT2D eigenvalue weighted by Gasteiger charge is -2.40. The minimum absolute atomic E-state index is 0.102. The Labute approximate surface area is 181 Å². The monoisotopic (exact) mass is 426 g/mol. The average Bonchev–Trinajstić information content (AvgIpc) is 2.80. The molecular formula is C23H27FN4O3. The van der Waals surface area contributed by atoms with Crippen LogP contribution < -0.4 is 0 Å². The Morgan fingerprint density at radius 1 is 1.19 bits per heavy atom. The van der Waals surface area contributed by atoms with E-state index in [0.29, 0.717) is 12.8 Å². The van der Waals surface area contributed by atoms with E-state index in [-0.39, 0.29) is 25.3 Å². The Morgan fingerprint density at radius 3 is 2.42 bits per heavy atom. The molecule has 0 aromatic heterocycles. The van der Waals surface area contributed by atoms with Crippen molar-refractivity contribution in [2.45, 2.75) is 57.2 Å². The SMILES string of the molecule is CC1O[C@H]([C@@H](CF)N(Cc2ccccc2)C(=O)OCc2ccccc2)CC[C@@H]1N=[N+]=[N-]. The topological polar surface area (TPSA) is 87.5 Å². The first kappa shape index (κ1) is 22.6. The highest BCUT2D eigenvalue weighted by Gasteiger charge is 2.38. The number of nitrogens with zero attached hydrogens (tertiary/aromatic N) is 4. The molecule has 0 aliphatic carbocycles. The minimum Gasteiger partial charge on any atom is -0.445 e. The van der Waals surface area contributed by atoms with Crippen LogP contribution in [0.1, 0.15) is 30.9 Å². The van der Waals surface area contributed by atoms with Gasteiger partial charge in [-0.15, -0.1) is 0 Å². The van der Waals surface area contributed by atoms with Crippen LogP contribution in [0.25, 0.3) is 10.4 Å². The van der Waals surface area contributed by atoms with E-state index in [9.17, 15) is 9.18 Å². The van der Waals surface area contributed by atoms with Gasteiger partial charge in [-0.1, -0.05) is 65.8 Å². The number of carbonyl (C=O) groups is 1. The molecule has 1 aliphatic heterocycles. The van der Waals surface area contributed by atoms with E-state index in [1.54, 1.807) is 6.92 Å². The normalized spacial score (nSPS) is 21.5. The van der Waals surface area contributed by atoms with Crippen molar-refractivity contribution in [3.63, 3.8) is 0 Å². The quantitative estimate of drug-likeness (QED) is 0.321. The fourth-order valence-corrected chi connectivity index (χ4v) is 3.79. The van der Waals surface area contributed by atoms with Gasteiger partial charge in [-0.2, -0.15) is 0 Å². The number of halogens is 1. The molecule has 164 valence electrons. The van der Waals surface area contributed by atoms with Gasteiger partial charge < -0.3 is 9.47 Å². The maximum atomic E-state index is 14.3. The Hall–Kier alpha value is -3.09. The van der Waals surface area contributed by atoms with Gasteiger partial charge in [-0.05, 0) is 36.4 Å². The second-order valence-corrected chi connectivity index (χ2v) is 7.60. The minimum atomic E-state index is -0.807. The Kier molecular flexibility index (Phi) is 8.27. The van der Waals surface area contributed by atoms with Gasteiger partial charge in [0.05, 0.1) is 24.3 Å². The van der Waals surface area contributed by atoms with Gasteiger partial charge in [0, 0.05) is 11.5 Å². The van der Waals surface area contributed by atoms with Gasteiger partial charge in [0.2, 0.25) is 0 Å². The van der Waals surface area contributed by atoms with E-state index in [1.807, 2.05) is 60.7 Å². The van der Waals surface area contributed by atoms with E-state index >= 15 is 0 Å². The maximum absolute atomic E-state index is 14.3. The van der Waals surface area contributed by atoms with Crippen molar-refractivity contribution in [2.24, 2.45) is 5.11 Å². The van der Waals surface area contributed by atoms with Crippen LogP contribution in [0.5, 0.6) is 0 Å². The summed E-state index contributed by atoms with van der Waals surface area (Å²) < 4.78 is 25.8. The second kappa shape index (κ2) is 11.3. The maximum Gasteiger partial charge on any atom is 0.410 e. The molecular weight excluding hydrogens is 399 g/mol. The van der Waals surface area contributed by atoms with Crippen LogP contribution in [-0.2, 0) is 22.6 Å². The first-order chi connectivity index (χ1) is 15.1. The number of alkyl halides is 1. The summed E-state index contributed by atoms with van der Waals surface area (Å²) in [6.45, 7) is 1.34. The number of rotatable bonds is 8. The smallest absolute Gasteiger partial charge is 0.410 e. The molecule has 3 rings (SSSR count). The summed E-state index contributed by atoms with van der Waals surface area (Å²) in [6.07, 6.45) is -0.408. The largest absolute Gasteiger partial charge is 0.445 e. The van der Waals surface area contributed by atoms with Crippen LogP contribution in [0.2, 0.25) is 0 Å². The highest BCUT2D eigenvalue weighted by Crippen LogP contribution is 2.28. The molecule has 4 atom stereocenters. The zero-order valence-electron chi connectivity index (χ0n) is 17.5. The number of hydrogen-bond acceptors (Lipinski definition) is 4. The molecule has 7 nitrogen and oxygen atoms in total. The van der Waals surface area contributed by atoms with Gasteiger partial charge in [-0.25, -0.2) is 9.18 Å². The first-order valence-corrected chi connectivity index (χ1v) is 10.4. The summed E-state index contributed by atoms with van der Waals surface area (Å²) in [5.41, 5.74) is 10.4. The van der Waals surface area contributed by atoms with Crippen molar-refractivity contribution < 1.29 is 18.7 Å². The highest BCUT2D eigenvalue weighted by atomic mass is 19.1. The Balaban J connectivity index is 1.76. The van der Waals surface area contributed by atoms with E-state index in [1.165, 1.54) is 4.90 Å². The second-order valence-electron chi connectivity index (χ2n) is 7.60. The molecule has 2 aromatic rings. The fourth-order valence-electron chi connectivity index (χ4n) is 3.79. The molecule has 1 saturated heterocycles. The summed E-state index contributed by atoms with van der Waals surface area (Å²) in [7, 11) is 0. The third-order valence-corrected chi connectivity index (χ3v) is 5.50. The van der Waals surface area contributed by atoms with Crippen LogP contribution in [-0.4, -0.2) is 42.0 Å². The molecule has 1 amide bonds. The number of hydrogen-bond donors (Lipinski definition) is 0. The summed E-state index contributed by atoms with van der Waals surface area (Å²) in [5, 5.41) is 3.75.